The van der Waals surface area contributed by atoms with Gasteiger partial charge in [-0.05, 0) is 42.5 Å². The number of aromatic amines is 1. The van der Waals surface area contributed by atoms with Gasteiger partial charge in [0.15, 0.2) is 4.77 Å². The molecule has 20 heavy (non-hydrogen) atoms. The number of nitrogens with zero attached hydrogens (tertiary/aromatic N) is 1. The molecular weight excluding hydrogens is 299 g/mol. The maximum atomic E-state index is 13.5. The topological polar surface area (TPSA) is 29.9 Å². The van der Waals surface area contributed by atoms with Crippen molar-refractivity contribution in [2.24, 2.45) is 0 Å². The molecule has 0 spiro atoms. The summed E-state index contributed by atoms with van der Waals surface area (Å²) in [7, 11) is 1.60. The van der Waals surface area contributed by atoms with Crippen LogP contribution in [0.2, 0.25) is 5.02 Å². The van der Waals surface area contributed by atoms with Gasteiger partial charge >= 0.3 is 0 Å². The molecule has 6 heteroatoms. The summed E-state index contributed by atoms with van der Waals surface area (Å²) in [4.78, 5) is 3.07. The fraction of sp³-hybridized carbons (Fsp3) is 0.0714. The van der Waals surface area contributed by atoms with E-state index in [9.17, 15) is 4.39 Å². The lowest BCUT2D eigenvalue weighted by Crippen LogP contribution is -1.95. The number of ether oxygens (including phenoxy) is 1. The molecule has 3 aromatic rings. The first-order chi connectivity index (χ1) is 9.58. The molecule has 1 aromatic heterocycles. The Labute approximate surface area is 124 Å². The molecule has 0 aliphatic heterocycles. The number of H-pyrrole nitrogens is 1. The second-order valence-electron chi connectivity index (χ2n) is 4.28. The summed E-state index contributed by atoms with van der Waals surface area (Å²) in [5.41, 5.74) is 2.23. The lowest BCUT2D eigenvalue weighted by atomic mass is 10.2. The highest BCUT2D eigenvalue weighted by Gasteiger charge is 2.09. The van der Waals surface area contributed by atoms with Crippen LogP contribution in [-0.2, 0) is 0 Å². The van der Waals surface area contributed by atoms with Crippen molar-refractivity contribution >= 4 is 34.9 Å². The minimum Gasteiger partial charge on any atom is -0.497 e. The maximum absolute atomic E-state index is 13.5. The largest absolute Gasteiger partial charge is 0.497 e. The van der Waals surface area contributed by atoms with Crippen LogP contribution >= 0.6 is 23.8 Å². The van der Waals surface area contributed by atoms with Crippen LogP contribution in [-0.4, -0.2) is 16.7 Å². The molecule has 0 saturated carbocycles. The molecule has 3 rings (SSSR count). The van der Waals surface area contributed by atoms with E-state index in [1.54, 1.807) is 17.7 Å². The first kappa shape index (κ1) is 13.1. The van der Waals surface area contributed by atoms with E-state index in [1.165, 1.54) is 12.1 Å². The molecule has 0 aliphatic carbocycles. The highest BCUT2D eigenvalue weighted by Crippen LogP contribution is 2.25. The van der Waals surface area contributed by atoms with E-state index >= 15 is 0 Å². The summed E-state index contributed by atoms with van der Waals surface area (Å²) in [6, 6.07) is 9.83. The van der Waals surface area contributed by atoms with E-state index in [0.717, 1.165) is 16.8 Å². The molecular formula is C14H10ClFN2OS. The number of benzene rings is 2. The average Bonchev–Trinajstić information content (AvgIpc) is 2.72. The van der Waals surface area contributed by atoms with Crippen molar-refractivity contribution in [1.82, 2.24) is 9.55 Å². The molecule has 0 atom stereocenters. The fourth-order valence-corrected chi connectivity index (χ4v) is 2.67. The van der Waals surface area contributed by atoms with Crippen LogP contribution in [0.15, 0.2) is 36.4 Å². The van der Waals surface area contributed by atoms with Crippen molar-refractivity contribution in [2.75, 3.05) is 7.11 Å². The van der Waals surface area contributed by atoms with E-state index < -0.39 is 5.82 Å². The Kier molecular flexibility index (Phi) is 3.23. The molecule has 0 aliphatic rings. The SMILES string of the molecule is COc1ccc2c(c1)[nH]c(=S)n2-c1cc(F)cc(Cl)c1. The Morgan fingerprint density at radius 1 is 1.25 bits per heavy atom. The third-order valence-electron chi connectivity index (χ3n) is 2.99. The summed E-state index contributed by atoms with van der Waals surface area (Å²) in [6.45, 7) is 0. The number of aromatic nitrogens is 2. The first-order valence-electron chi connectivity index (χ1n) is 5.84. The zero-order chi connectivity index (χ0) is 14.3. The summed E-state index contributed by atoms with van der Waals surface area (Å²) in [5, 5.41) is 0.324. The number of hydrogen-bond donors (Lipinski definition) is 1. The van der Waals surface area contributed by atoms with E-state index in [2.05, 4.69) is 4.98 Å². The first-order valence-corrected chi connectivity index (χ1v) is 6.62. The number of nitrogens with one attached hydrogen (secondary N) is 1. The van der Waals surface area contributed by atoms with Crippen LogP contribution in [0.1, 0.15) is 0 Å². The molecule has 1 heterocycles. The lowest BCUT2D eigenvalue weighted by Gasteiger charge is -2.06. The lowest BCUT2D eigenvalue weighted by molar-refractivity contribution is 0.415. The van der Waals surface area contributed by atoms with Gasteiger partial charge in [-0.3, -0.25) is 4.57 Å². The monoisotopic (exact) mass is 308 g/mol. The van der Waals surface area contributed by atoms with Gasteiger partial charge < -0.3 is 9.72 Å². The Balaban J connectivity index is 2.30. The number of imidazole rings is 1. The maximum Gasteiger partial charge on any atom is 0.182 e. The number of hydrogen-bond acceptors (Lipinski definition) is 2. The highest BCUT2D eigenvalue weighted by atomic mass is 35.5. The van der Waals surface area contributed by atoms with Crippen LogP contribution in [0, 0.1) is 10.6 Å². The average molecular weight is 309 g/mol. The standard InChI is InChI=1S/C14H10ClFN2OS/c1-19-11-2-3-13-12(7-11)17-14(20)18(13)10-5-8(15)4-9(16)6-10/h2-7H,1H3,(H,17,20). The fourth-order valence-electron chi connectivity index (χ4n) is 2.14. The quantitative estimate of drug-likeness (QED) is 0.707. The molecule has 2 aromatic carbocycles. The Morgan fingerprint density at radius 3 is 2.75 bits per heavy atom. The van der Waals surface area contributed by atoms with Crippen molar-refractivity contribution < 1.29 is 9.13 Å². The van der Waals surface area contributed by atoms with Gasteiger partial charge in [0, 0.05) is 11.1 Å². The van der Waals surface area contributed by atoms with Crippen LogP contribution in [0.3, 0.4) is 0 Å². The van der Waals surface area contributed by atoms with Crippen molar-refractivity contribution in [2.45, 2.75) is 0 Å². The van der Waals surface area contributed by atoms with Gasteiger partial charge in [0.25, 0.3) is 0 Å². The predicted octanol–water partition coefficient (Wildman–Crippen LogP) is 4.49. The zero-order valence-corrected chi connectivity index (χ0v) is 12.1. The van der Waals surface area contributed by atoms with E-state index in [1.807, 2.05) is 18.2 Å². The van der Waals surface area contributed by atoms with Gasteiger partial charge in [-0.2, -0.15) is 0 Å². The predicted molar refractivity (Wildman–Crippen MR) is 80.0 cm³/mol. The number of fused-ring (bicyclic) bond motifs is 1. The van der Waals surface area contributed by atoms with Crippen LogP contribution in [0.5, 0.6) is 5.75 Å². The van der Waals surface area contributed by atoms with Gasteiger partial charge in [-0.25, -0.2) is 4.39 Å². The molecule has 0 unspecified atom stereocenters. The summed E-state index contributed by atoms with van der Waals surface area (Å²) < 4.78 is 20.9. The summed E-state index contributed by atoms with van der Waals surface area (Å²) >= 11 is 11.2. The van der Waals surface area contributed by atoms with E-state index in [4.69, 9.17) is 28.6 Å². The smallest absolute Gasteiger partial charge is 0.182 e. The van der Waals surface area contributed by atoms with Crippen LogP contribution < -0.4 is 4.74 Å². The molecule has 0 amide bonds. The van der Waals surface area contributed by atoms with Crippen molar-refractivity contribution in [3.63, 3.8) is 0 Å². The zero-order valence-electron chi connectivity index (χ0n) is 10.5. The van der Waals surface area contributed by atoms with Crippen LogP contribution in [0.25, 0.3) is 16.7 Å². The minimum atomic E-state index is -0.405. The minimum absolute atomic E-state index is 0.324. The number of methoxy groups -OCH3 is 1. The normalized spacial score (nSPS) is 10.9. The molecule has 0 saturated heterocycles. The third kappa shape index (κ3) is 2.19. The van der Waals surface area contributed by atoms with Gasteiger partial charge in [-0.15, -0.1) is 0 Å². The molecule has 0 bridgehead atoms. The second-order valence-corrected chi connectivity index (χ2v) is 5.10. The molecule has 0 radical (unpaired) electrons. The van der Waals surface area contributed by atoms with Crippen molar-refractivity contribution in [3.8, 4) is 11.4 Å². The van der Waals surface area contributed by atoms with Gasteiger partial charge in [0.05, 0.1) is 23.8 Å². The number of halogens is 2. The van der Waals surface area contributed by atoms with Crippen molar-refractivity contribution in [1.29, 1.82) is 0 Å². The van der Waals surface area contributed by atoms with Gasteiger partial charge in [-0.1, -0.05) is 11.6 Å². The summed E-state index contributed by atoms with van der Waals surface area (Å²) in [6.07, 6.45) is 0. The molecule has 1 N–H and O–H groups in total. The summed E-state index contributed by atoms with van der Waals surface area (Å²) in [5.74, 6) is 0.315. The van der Waals surface area contributed by atoms with Crippen LogP contribution in [0.4, 0.5) is 4.39 Å². The highest BCUT2D eigenvalue weighted by molar-refractivity contribution is 7.71. The van der Waals surface area contributed by atoms with Gasteiger partial charge in [0.2, 0.25) is 0 Å². The molecule has 102 valence electrons. The third-order valence-corrected chi connectivity index (χ3v) is 3.50. The second kappa shape index (κ2) is 4.92. The molecule has 0 fully saturated rings. The van der Waals surface area contributed by atoms with E-state index in [0.29, 0.717) is 15.5 Å². The Hall–Kier alpha value is -1.85. The van der Waals surface area contributed by atoms with Gasteiger partial charge in [0.1, 0.15) is 11.6 Å². The van der Waals surface area contributed by atoms with Crippen molar-refractivity contribution in [3.05, 3.63) is 52.0 Å². The van der Waals surface area contributed by atoms with E-state index in [-0.39, 0.29) is 0 Å². The molecule has 3 nitrogen and oxygen atoms in total. The Bertz CT molecular complexity index is 836. The number of rotatable bonds is 2. The Morgan fingerprint density at radius 2 is 2.05 bits per heavy atom.